The van der Waals surface area contributed by atoms with Gasteiger partial charge in [-0.25, -0.2) is 30.4 Å². The van der Waals surface area contributed by atoms with E-state index in [1.165, 1.54) is 43.4 Å². The van der Waals surface area contributed by atoms with Crippen LogP contribution in [0.15, 0.2) is 307 Å². The molecule has 6 aromatic heterocycles. The van der Waals surface area contributed by atoms with Gasteiger partial charge in [-0.05, 0) is 82.1 Å². The molecule has 0 fully saturated rings. The van der Waals surface area contributed by atoms with Crippen molar-refractivity contribution in [1.29, 1.82) is 0 Å². The topological polar surface area (TPSA) is 301 Å². The Bertz CT molecular complexity index is 5760. The molecule has 9 aromatic carbocycles. The zero-order chi connectivity index (χ0) is 74.0. The molecular weight excluding hydrogens is 1390 g/mol. The van der Waals surface area contributed by atoms with E-state index in [0.29, 0.717) is 51.2 Å². The Morgan fingerprint density at radius 1 is 0.349 bits per heavy atom. The number of nitrogens with zero attached hydrogens (tertiary/aromatic N) is 9. The number of nitrogens with two attached hydrogens (primary N) is 1. The maximum atomic E-state index is 12.1. The molecule has 15 rings (SSSR count). The third-order valence-corrected chi connectivity index (χ3v) is 20.8. The molecule has 0 saturated heterocycles. The summed E-state index contributed by atoms with van der Waals surface area (Å²) in [7, 11) is -10.8. The second-order valence-corrected chi connectivity index (χ2v) is 30.7. The summed E-state index contributed by atoms with van der Waals surface area (Å²) in [5, 5.41) is 58.5. The van der Waals surface area contributed by atoms with Crippen molar-refractivity contribution in [1.82, 2.24) is 45.5 Å². The average molecular weight is 1460 g/mol. The van der Waals surface area contributed by atoms with Gasteiger partial charge in [-0.15, -0.1) is 30.6 Å². The Balaban J connectivity index is 0.000000141. The number of nitrogens with one attached hydrogen (secondary N) is 3. The van der Waals surface area contributed by atoms with Crippen LogP contribution in [0.25, 0.3) is 99.5 Å². The summed E-state index contributed by atoms with van der Waals surface area (Å²) in [5.74, 6) is 1.82. The SMILES string of the molecule is C[C@@H](Nc1nnc(-c2cncc(S(C)(=O)=O)c2)c2cccc(-c3ccccc3)c12)c1ccccc1.C[C@H](Nc1nnc(-c2cncc(S(C)(=O)=O)c2)c2cccc(-c3ccccc3)c12)c1ccccc1.NS(=O)(=O)c1cncc(-c2nnc(NC[C@H](O)c3ccccc3)c3c(-c4ccccc4)cccc23)c1. The number of sulfone groups is 2. The molecule has 0 aliphatic rings. The van der Waals surface area contributed by atoms with Gasteiger partial charge in [0, 0.05) is 105 Å². The number of aliphatic hydroxyl groups is 1. The van der Waals surface area contributed by atoms with Crippen LogP contribution in [0.3, 0.4) is 0 Å². The molecule has 0 aliphatic heterocycles. The van der Waals surface area contributed by atoms with Gasteiger partial charge in [0.25, 0.3) is 0 Å². The van der Waals surface area contributed by atoms with Crippen LogP contribution in [0.5, 0.6) is 0 Å². The lowest BCUT2D eigenvalue weighted by Crippen LogP contribution is -2.14. The third-order valence-electron chi connectivity index (χ3n) is 17.8. The van der Waals surface area contributed by atoms with Gasteiger partial charge in [0.2, 0.25) is 10.0 Å². The highest BCUT2D eigenvalue weighted by Gasteiger charge is 2.24. The summed E-state index contributed by atoms with van der Waals surface area (Å²) in [6.07, 6.45) is 10.3. The number of aliphatic hydroxyl groups excluding tert-OH is 1. The number of aromatic nitrogens is 9. The summed E-state index contributed by atoms with van der Waals surface area (Å²) in [6.45, 7) is 4.39. The lowest BCUT2D eigenvalue weighted by Gasteiger charge is -2.19. The quantitative estimate of drug-likeness (QED) is 0.0502. The molecule has 15 aromatic rings. The highest BCUT2D eigenvalue weighted by molar-refractivity contribution is 7.91. The van der Waals surface area contributed by atoms with Crippen molar-refractivity contribution in [2.24, 2.45) is 5.14 Å². The number of benzene rings is 9. The highest BCUT2D eigenvalue weighted by Crippen LogP contribution is 2.42. The van der Waals surface area contributed by atoms with Crippen LogP contribution in [-0.4, -0.2) is 95.0 Å². The average Bonchev–Trinajstić information content (AvgIpc) is 0.767. The minimum absolute atomic E-state index is 0.00129. The van der Waals surface area contributed by atoms with Crippen LogP contribution < -0.4 is 21.1 Å². The van der Waals surface area contributed by atoms with Gasteiger partial charge >= 0.3 is 0 Å². The summed E-state index contributed by atoms with van der Waals surface area (Å²) in [5.41, 5.74) is 12.3. The van der Waals surface area contributed by atoms with Crippen molar-refractivity contribution in [2.75, 3.05) is 35.0 Å². The maximum Gasteiger partial charge on any atom is 0.239 e. The van der Waals surface area contributed by atoms with Crippen LogP contribution in [0.4, 0.5) is 17.5 Å². The van der Waals surface area contributed by atoms with Gasteiger partial charge in [-0.1, -0.05) is 237 Å². The second-order valence-electron chi connectivity index (χ2n) is 25.2. The Labute approximate surface area is 614 Å². The van der Waals surface area contributed by atoms with E-state index in [9.17, 15) is 30.4 Å². The molecule has 0 radical (unpaired) electrons. The summed E-state index contributed by atoms with van der Waals surface area (Å²) in [4.78, 5) is 12.6. The zero-order valence-electron chi connectivity index (χ0n) is 57.9. The van der Waals surface area contributed by atoms with Crippen molar-refractivity contribution in [3.05, 3.63) is 309 Å². The zero-order valence-corrected chi connectivity index (χ0v) is 60.3. The first-order valence-electron chi connectivity index (χ1n) is 33.7. The molecule has 0 unspecified atom stereocenters. The normalized spacial score (nSPS) is 12.4. The predicted molar refractivity (Wildman–Crippen MR) is 419 cm³/mol. The van der Waals surface area contributed by atoms with Crippen LogP contribution in [0.1, 0.15) is 48.7 Å². The summed E-state index contributed by atoms with van der Waals surface area (Å²) in [6, 6.07) is 82.2. The van der Waals surface area contributed by atoms with Crippen molar-refractivity contribution in [3.63, 3.8) is 0 Å². The van der Waals surface area contributed by atoms with Gasteiger partial charge < -0.3 is 21.1 Å². The number of rotatable bonds is 19. The van der Waals surface area contributed by atoms with E-state index >= 15 is 0 Å². The van der Waals surface area contributed by atoms with E-state index in [-0.39, 0.29) is 33.3 Å². The number of hydrogen-bond acceptors (Lipinski definition) is 19. The van der Waals surface area contributed by atoms with E-state index in [1.54, 1.807) is 24.5 Å². The fourth-order valence-electron chi connectivity index (χ4n) is 12.4. The van der Waals surface area contributed by atoms with Gasteiger partial charge in [-0.3, -0.25) is 15.0 Å². The fourth-order valence-corrected chi connectivity index (χ4v) is 14.1. The standard InChI is InChI=1S/2C28H24N4O2S.C27H23N5O3S/c2*1-19(20-10-5-3-6-11-20)30-28-26-24(21-12-7-4-8-13-21)14-9-15-25(26)27(31-32-28)22-16-23(18-29-17-22)35(2,33)34;28-36(34,35)21-14-20(15-29-16-21)26-23-13-7-12-22(18-8-3-1-4-9-18)25(23)27(32-31-26)30-17-24(33)19-10-5-2-6-11-19/h2*3-19H,1-2H3,(H,30,32);1-16,24,33H,17H2,(H,30,32)(H2,28,34,35)/t2*19-;24-/m100/s1. The number of primary sulfonamides is 1. The first kappa shape index (κ1) is 72.0. The highest BCUT2D eigenvalue weighted by atomic mass is 32.2. The summed E-state index contributed by atoms with van der Waals surface area (Å²) < 4.78 is 72.4. The largest absolute Gasteiger partial charge is 0.387 e. The predicted octanol–water partition coefficient (Wildman–Crippen LogP) is 16.0. The van der Waals surface area contributed by atoms with Crippen LogP contribution in [0.2, 0.25) is 0 Å². The first-order chi connectivity index (χ1) is 51.2. The maximum absolute atomic E-state index is 12.1. The molecule has 0 spiro atoms. The number of sulfonamides is 1. The fraction of sp³-hybridized carbons (Fsp3) is 0.0964. The van der Waals surface area contributed by atoms with Crippen molar-refractivity contribution >= 4 is 79.5 Å². The van der Waals surface area contributed by atoms with Crippen molar-refractivity contribution in [3.8, 4) is 67.2 Å². The Kier molecular flexibility index (Phi) is 21.5. The number of hydrogen-bond donors (Lipinski definition) is 5. The third kappa shape index (κ3) is 16.5. The van der Waals surface area contributed by atoms with Crippen LogP contribution in [-0.2, 0) is 29.7 Å². The Morgan fingerprint density at radius 3 is 0.991 bits per heavy atom. The van der Waals surface area contributed by atoms with Gasteiger partial charge in [0.05, 0.1) is 28.0 Å². The van der Waals surface area contributed by atoms with Crippen LogP contribution >= 0.6 is 0 Å². The molecule has 528 valence electrons. The van der Waals surface area contributed by atoms with E-state index in [4.69, 9.17) is 5.14 Å². The molecule has 0 aliphatic carbocycles. The van der Waals surface area contributed by atoms with Crippen LogP contribution in [0, 0.1) is 0 Å². The van der Waals surface area contributed by atoms with E-state index in [2.05, 4.69) is 136 Å². The molecule has 6 heterocycles. The Hall–Kier alpha value is -12.4. The minimum atomic E-state index is -3.94. The van der Waals surface area contributed by atoms with E-state index < -0.39 is 35.8 Å². The van der Waals surface area contributed by atoms with Gasteiger partial charge in [-0.2, -0.15) is 0 Å². The summed E-state index contributed by atoms with van der Waals surface area (Å²) >= 11 is 0. The van der Waals surface area contributed by atoms with Crippen molar-refractivity contribution in [2.45, 2.75) is 46.7 Å². The van der Waals surface area contributed by atoms with Crippen molar-refractivity contribution < 1.29 is 30.4 Å². The molecule has 0 amide bonds. The first-order valence-corrected chi connectivity index (χ1v) is 39.0. The molecule has 0 bridgehead atoms. The lowest BCUT2D eigenvalue weighted by molar-refractivity contribution is 0.191. The molecule has 20 nitrogen and oxygen atoms in total. The van der Waals surface area contributed by atoms with E-state index in [1.807, 2.05) is 176 Å². The lowest BCUT2D eigenvalue weighted by atomic mass is 9.96. The number of fused-ring (bicyclic) bond motifs is 3. The smallest absolute Gasteiger partial charge is 0.239 e. The monoisotopic (exact) mass is 1460 g/mol. The Morgan fingerprint density at radius 2 is 0.651 bits per heavy atom. The van der Waals surface area contributed by atoms with E-state index in [0.717, 1.165) is 82.4 Å². The molecule has 0 saturated carbocycles. The molecular formula is C83H71N13O7S3. The second kappa shape index (κ2) is 31.7. The van der Waals surface area contributed by atoms with Gasteiger partial charge in [0.15, 0.2) is 37.1 Å². The molecule has 6 N–H and O–H groups in total. The minimum Gasteiger partial charge on any atom is -0.387 e. The molecule has 23 heteroatoms. The van der Waals surface area contributed by atoms with Gasteiger partial charge in [0.1, 0.15) is 22.0 Å². The molecule has 3 atom stereocenters. The molecule has 106 heavy (non-hydrogen) atoms. The number of pyridine rings is 3. The number of anilines is 3.